The lowest BCUT2D eigenvalue weighted by atomic mass is 10.0. The molecule has 0 aliphatic carbocycles. The molecule has 1 aliphatic heterocycles. The lowest BCUT2D eigenvalue weighted by Gasteiger charge is -2.26. The monoisotopic (exact) mass is 359 g/mol. The second kappa shape index (κ2) is 8.08. The van der Waals surface area contributed by atoms with Crippen LogP contribution in [0, 0.1) is 5.82 Å². The van der Waals surface area contributed by atoms with Gasteiger partial charge in [0.1, 0.15) is 23.1 Å². The van der Waals surface area contributed by atoms with E-state index in [1.165, 1.54) is 24.3 Å². The number of benzene rings is 2. The van der Waals surface area contributed by atoms with E-state index >= 15 is 0 Å². The molecule has 0 saturated carbocycles. The third kappa shape index (κ3) is 3.90. The summed E-state index contributed by atoms with van der Waals surface area (Å²) < 4.78 is 29.2. The summed E-state index contributed by atoms with van der Waals surface area (Å²) in [5, 5.41) is 0. The van der Waals surface area contributed by atoms with E-state index in [1.54, 1.807) is 14.2 Å². The van der Waals surface area contributed by atoms with Crippen molar-refractivity contribution in [2.75, 3.05) is 27.4 Å². The first kappa shape index (κ1) is 18.0. The molecule has 1 atom stereocenters. The molecule has 0 spiro atoms. The van der Waals surface area contributed by atoms with Gasteiger partial charge < -0.3 is 19.1 Å². The number of carbonyl (C=O) groups excluding carboxylic acids is 1. The highest BCUT2D eigenvalue weighted by Crippen LogP contribution is 2.38. The van der Waals surface area contributed by atoms with Crippen LogP contribution in [-0.4, -0.2) is 38.2 Å². The number of halogens is 1. The Hall–Kier alpha value is -2.76. The second-order valence-corrected chi connectivity index (χ2v) is 6.10. The molecule has 2 aromatic rings. The summed E-state index contributed by atoms with van der Waals surface area (Å²) in [4.78, 5) is 14.5. The van der Waals surface area contributed by atoms with Crippen molar-refractivity contribution in [1.29, 1.82) is 0 Å². The number of ether oxygens (including phenoxy) is 3. The van der Waals surface area contributed by atoms with Crippen LogP contribution in [0.5, 0.6) is 17.2 Å². The number of hydrogen-bond donors (Lipinski definition) is 0. The van der Waals surface area contributed by atoms with Gasteiger partial charge in [0.15, 0.2) is 6.61 Å². The molecule has 3 rings (SSSR count). The quantitative estimate of drug-likeness (QED) is 0.791. The Kier molecular flexibility index (Phi) is 5.61. The van der Waals surface area contributed by atoms with Gasteiger partial charge in [-0.2, -0.15) is 0 Å². The minimum Gasteiger partial charge on any atom is -0.497 e. The van der Waals surface area contributed by atoms with Gasteiger partial charge in [-0.05, 0) is 49.2 Å². The van der Waals surface area contributed by atoms with E-state index in [4.69, 9.17) is 14.2 Å². The number of methoxy groups -OCH3 is 2. The van der Waals surface area contributed by atoms with E-state index in [1.807, 2.05) is 23.1 Å². The fourth-order valence-electron chi connectivity index (χ4n) is 3.24. The fourth-order valence-corrected chi connectivity index (χ4v) is 3.24. The van der Waals surface area contributed by atoms with Crippen molar-refractivity contribution in [1.82, 2.24) is 4.90 Å². The number of rotatable bonds is 6. The summed E-state index contributed by atoms with van der Waals surface area (Å²) in [6, 6.07) is 11.2. The van der Waals surface area contributed by atoms with Crippen LogP contribution in [0.2, 0.25) is 0 Å². The summed E-state index contributed by atoms with van der Waals surface area (Å²) in [6.45, 7) is 0.589. The molecule has 0 aromatic heterocycles. The lowest BCUT2D eigenvalue weighted by Crippen LogP contribution is -2.34. The molecule has 1 saturated heterocycles. The molecule has 138 valence electrons. The van der Waals surface area contributed by atoms with Crippen LogP contribution < -0.4 is 14.2 Å². The molecule has 6 heteroatoms. The molecule has 1 amide bonds. The van der Waals surface area contributed by atoms with E-state index in [2.05, 4.69) is 0 Å². The summed E-state index contributed by atoms with van der Waals surface area (Å²) in [5.74, 6) is 1.44. The second-order valence-electron chi connectivity index (χ2n) is 6.10. The van der Waals surface area contributed by atoms with E-state index in [0.717, 1.165) is 18.4 Å². The zero-order chi connectivity index (χ0) is 18.5. The first-order chi connectivity index (χ1) is 12.6. The molecule has 26 heavy (non-hydrogen) atoms. The normalized spacial score (nSPS) is 16.4. The zero-order valence-corrected chi connectivity index (χ0v) is 14.9. The van der Waals surface area contributed by atoms with Gasteiger partial charge in [0, 0.05) is 18.2 Å². The van der Waals surface area contributed by atoms with Crippen LogP contribution >= 0.6 is 0 Å². The van der Waals surface area contributed by atoms with E-state index in [-0.39, 0.29) is 24.4 Å². The molecular weight excluding hydrogens is 337 g/mol. The fraction of sp³-hybridized carbons (Fsp3) is 0.350. The Morgan fingerprint density at radius 1 is 1.12 bits per heavy atom. The highest BCUT2D eigenvalue weighted by Gasteiger charge is 2.32. The van der Waals surface area contributed by atoms with Crippen LogP contribution in [0.3, 0.4) is 0 Å². The minimum atomic E-state index is -0.338. The maximum Gasteiger partial charge on any atom is 0.261 e. The average molecular weight is 359 g/mol. The predicted octanol–water partition coefficient (Wildman–Crippen LogP) is 3.59. The highest BCUT2D eigenvalue weighted by molar-refractivity contribution is 5.78. The Labute approximate surface area is 152 Å². The number of amides is 1. The van der Waals surface area contributed by atoms with Crippen molar-refractivity contribution in [3.05, 3.63) is 53.8 Å². The van der Waals surface area contributed by atoms with Crippen molar-refractivity contribution < 1.29 is 23.4 Å². The van der Waals surface area contributed by atoms with Gasteiger partial charge in [-0.25, -0.2) is 4.39 Å². The van der Waals surface area contributed by atoms with Crippen molar-refractivity contribution in [2.24, 2.45) is 0 Å². The minimum absolute atomic E-state index is 0.0554. The van der Waals surface area contributed by atoms with Gasteiger partial charge in [-0.3, -0.25) is 4.79 Å². The summed E-state index contributed by atoms with van der Waals surface area (Å²) in [7, 11) is 3.21. The van der Waals surface area contributed by atoms with E-state index in [9.17, 15) is 9.18 Å². The largest absolute Gasteiger partial charge is 0.497 e. The van der Waals surface area contributed by atoms with E-state index in [0.29, 0.717) is 23.8 Å². The zero-order valence-electron chi connectivity index (χ0n) is 14.9. The summed E-state index contributed by atoms with van der Waals surface area (Å²) in [6.07, 6.45) is 1.78. The molecule has 5 nitrogen and oxygen atoms in total. The number of carbonyl (C=O) groups is 1. The Morgan fingerprint density at radius 2 is 1.85 bits per heavy atom. The lowest BCUT2D eigenvalue weighted by molar-refractivity contribution is -0.134. The van der Waals surface area contributed by atoms with Crippen molar-refractivity contribution in [2.45, 2.75) is 18.9 Å². The first-order valence-electron chi connectivity index (χ1n) is 8.52. The van der Waals surface area contributed by atoms with Crippen LogP contribution in [-0.2, 0) is 4.79 Å². The van der Waals surface area contributed by atoms with Crippen LogP contribution in [0.1, 0.15) is 24.4 Å². The molecule has 1 heterocycles. The van der Waals surface area contributed by atoms with Crippen molar-refractivity contribution in [3.63, 3.8) is 0 Å². The van der Waals surface area contributed by atoms with Crippen LogP contribution in [0.25, 0.3) is 0 Å². The Bertz CT molecular complexity index is 763. The van der Waals surface area contributed by atoms with Crippen LogP contribution in [0.15, 0.2) is 42.5 Å². The molecule has 1 aliphatic rings. The summed E-state index contributed by atoms with van der Waals surface area (Å²) in [5.41, 5.74) is 0.959. The molecule has 0 N–H and O–H groups in total. The standard InChI is InChI=1S/C20H22FNO4/c1-24-16-9-10-17(19(12-16)25-2)18-4-3-11-22(18)20(23)13-26-15-7-5-14(21)6-8-15/h5-10,12,18H,3-4,11,13H2,1-2H3. The Balaban J connectivity index is 1.71. The average Bonchev–Trinajstić information content (AvgIpc) is 3.16. The van der Waals surface area contributed by atoms with Crippen molar-refractivity contribution in [3.8, 4) is 17.2 Å². The third-order valence-corrected chi connectivity index (χ3v) is 4.55. The van der Waals surface area contributed by atoms with Crippen LogP contribution in [0.4, 0.5) is 4.39 Å². The van der Waals surface area contributed by atoms with Gasteiger partial charge >= 0.3 is 0 Å². The van der Waals surface area contributed by atoms with Gasteiger partial charge in [-0.1, -0.05) is 0 Å². The topological polar surface area (TPSA) is 48.0 Å². The number of nitrogens with zero attached hydrogens (tertiary/aromatic N) is 1. The first-order valence-corrected chi connectivity index (χ1v) is 8.52. The van der Waals surface area contributed by atoms with Gasteiger partial charge in [-0.15, -0.1) is 0 Å². The molecule has 0 bridgehead atoms. The molecule has 1 fully saturated rings. The van der Waals surface area contributed by atoms with Gasteiger partial charge in [0.2, 0.25) is 0 Å². The molecule has 0 radical (unpaired) electrons. The molecule has 1 unspecified atom stereocenters. The van der Waals surface area contributed by atoms with Gasteiger partial charge in [0.05, 0.1) is 20.3 Å². The Morgan fingerprint density at radius 3 is 2.54 bits per heavy atom. The maximum absolute atomic E-state index is 12.9. The predicted molar refractivity (Wildman–Crippen MR) is 95.1 cm³/mol. The third-order valence-electron chi connectivity index (χ3n) is 4.55. The maximum atomic E-state index is 12.9. The number of hydrogen-bond acceptors (Lipinski definition) is 4. The summed E-state index contributed by atoms with van der Waals surface area (Å²) >= 11 is 0. The van der Waals surface area contributed by atoms with Gasteiger partial charge in [0.25, 0.3) is 5.91 Å². The highest BCUT2D eigenvalue weighted by atomic mass is 19.1. The molecular formula is C20H22FNO4. The van der Waals surface area contributed by atoms with E-state index < -0.39 is 0 Å². The molecule has 2 aromatic carbocycles. The smallest absolute Gasteiger partial charge is 0.261 e. The number of likely N-dealkylation sites (tertiary alicyclic amines) is 1. The van der Waals surface area contributed by atoms with Crippen molar-refractivity contribution >= 4 is 5.91 Å². The SMILES string of the molecule is COc1ccc(C2CCCN2C(=O)COc2ccc(F)cc2)c(OC)c1.